The Morgan fingerprint density at radius 1 is 0.889 bits per heavy atom. The quantitative estimate of drug-likeness (QED) is 0.586. The van der Waals surface area contributed by atoms with Gasteiger partial charge in [-0.2, -0.15) is 13.2 Å². The van der Waals surface area contributed by atoms with Crippen molar-refractivity contribution in [3.8, 4) is 11.1 Å². The zero-order valence-corrected chi connectivity index (χ0v) is 15.1. The second-order valence-corrected chi connectivity index (χ2v) is 6.95. The number of benzene rings is 2. The summed E-state index contributed by atoms with van der Waals surface area (Å²) >= 11 is 0. The van der Waals surface area contributed by atoms with Crippen LogP contribution in [0.4, 0.5) is 19.0 Å². The van der Waals surface area contributed by atoms with Crippen LogP contribution in [0.2, 0.25) is 0 Å². The van der Waals surface area contributed by atoms with Crippen LogP contribution in [-0.2, 0) is 6.18 Å². The van der Waals surface area contributed by atoms with Crippen molar-refractivity contribution in [1.82, 2.24) is 9.97 Å². The number of anilines is 1. The third-order valence-corrected chi connectivity index (χ3v) is 4.97. The summed E-state index contributed by atoms with van der Waals surface area (Å²) in [5.74, 6) is 1.59. The summed E-state index contributed by atoms with van der Waals surface area (Å²) in [5.41, 5.74) is 1.37. The Morgan fingerprint density at radius 2 is 1.63 bits per heavy atom. The van der Waals surface area contributed by atoms with E-state index in [0.29, 0.717) is 11.4 Å². The summed E-state index contributed by atoms with van der Waals surface area (Å²) in [6, 6.07) is 11.0. The van der Waals surface area contributed by atoms with Crippen molar-refractivity contribution < 1.29 is 13.2 Å². The third kappa shape index (κ3) is 3.61. The van der Waals surface area contributed by atoms with Crippen LogP contribution in [0.15, 0.2) is 42.5 Å². The van der Waals surface area contributed by atoms with Crippen LogP contribution in [0.25, 0.3) is 22.0 Å². The second kappa shape index (κ2) is 6.83. The number of hydrogen-bond acceptors (Lipinski definition) is 3. The van der Waals surface area contributed by atoms with Gasteiger partial charge in [-0.05, 0) is 61.6 Å². The van der Waals surface area contributed by atoms with Crippen molar-refractivity contribution in [3.63, 3.8) is 0 Å². The SMILES string of the molecule is Cc1nc(N2CCCCC2)c2ccc(-c3cccc(C(F)(F)F)c3)cc2n1. The molecule has 0 spiro atoms. The van der Waals surface area contributed by atoms with Crippen molar-refractivity contribution in [2.24, 2.45) is 0 Å². The van der Waals surface area contributed by atoms with Gasteiger partial charge in [-0.15, -0.1) is 0 Å². The lowest BCUT2D eigenvalue weighted by molar-refractivity contribution is -0.137. The largest absolute Gasteiger partial charge is 0.416 e. The Labute approximate surface area is 155 Å². The number of nitrogens with zero attached hydrogens (tertiary/aromatic N) is 3. The fraction of sp³-hybridized carbons (Fsp3) is 0.333. The summed E-state index contributed by atoms with van der Waals surface area (Å²) in [6.07, 6.45) is -0.828. The van der Waals surface area contributed by atoms with E-state index in [1.807, 2.05) is 25.1 Å². The Kier molecular flexibility index (Phi) is 4.50. The molecule has 0 amide bonds. The first-order chi connectivity index (χ1) is 12.9. The molecule has 27 heavy (non-hydrogen) atoms. The molecule has 4 rings (SSSR count). The molecule has 1 saturated heterocycles. The molecular weight excluding hydrogens is 351 g/mol. The summed E-state index contributed by atoms with van der Waals surface area (Å²) in [5, 5.41) is 0.943. The monoisotopic (exact) mass is 371 g/mol. The maximum Gasteiger partial charge on any atom is 0.416 e. The fourth-order valence-corrected chi connectivity index (χ4v) is 3.63. The number of fused-ring (bicyclic) bond motifs is 1. The maximum atomic E-state index is 13.0. The highest BCUT2D eigenvalue weighted by Gasteiger charge is 2.30. The maximum absolute atomic E-state index is 13.0. The van der Waals surface area contributed by atoms with Crippen LogP contribution in [0, 0.1) is 6.92 Å². The first-order valence-electron chi connectivity index (χ1n) is 9.13. The number of aryl methyl sites for hydroxylation is 1. The molecule has 3 aromatic rings. The van der Waals surface area contributed by atoms with Gasteiger partial charge in [0.05, 0.1) is 11.1 Å². The predicted octanol–water partition coefficient (Wildman–Crippen LogP) is 5.61. The highest BCUT2D eigenvalue weighted by Crippen LogP contribution is 2.34. The van der Waals surface area contributed by atoms with Gasteiger partial charge in [0.25, 0.3) is 0 Å². The zero-order valence-electron chi connectivity index (χ0n) is 15.1. The molecule has 3 nitrogen and oxygen atoms in total. The Morgan fingerprint density at radius 3 is 2.37 bits per heavy atom. The van der Waals surface area contributed by atoms with Gasteiger partial charge in [0.1, 0.15) is 11.6 Å². The molecule has 1 aliphatic rings. The van der Waals surface area contributed by atoms with Crippen LogP contribution >= 0.6 is 0 Å². The van der Waals surface area contributed by atoms with E-state index in [-0.39, 0.29) is 0 Å². The van der Waals surface area contributed by atoms with Crippen molar-refractivity contribution >= 4 is 16.7 Å². The molecule has 6 heteroatoms. The van der Waals surface area contributed by atoms with E-state index in [9.17, 15) is 13.2 Å². The molecule has 1 aromatic heterocycles. The number of alkyl halides is 3. The Hall–Kier alpha value is -2.63. The van der Waals surface area contributed by atoms with Gasteiger partial charge in [-0.25, -0.2) is 9.97 Å². The number of hydrogen-bond donors (Lipinski definition) is 0. The molecule has 0 bridgehead atoms. The summed E-state index contributed by atoms with van der Waals surface area (Å²) in [4.78, 5) is 11.5. The lowest BCUT2D eigenvalue weighted by Crippen LogP contribution is -2.30. The average molecular weight is 371 g/mol. The smallest absolute Gasteiger partial charge is 0.356 e. The zero-order chi connectivity index (χ0) is 19.0. The lowest BCUT2D eigenvalue weighted by atomic mass is 10.0. The van der Waals surface area contributed by atoms with Gasteiger partial charge in [-0.3, -0.25) is 0 Å². The molecule has 0 unspecified atom stereocenters. The second-order valence-electron chi connectivity index (χ2n) is 6.95. The summed E-state index contributed by atoms with van der Waals surface area (Å²) in [6.45, 7) is 3.80. The molecule has 2 aromatic carbocycles. The molecule has 2 heterocycles. The van der Waals surface area contributed by atoms with Gasteiger partial charge >= 0.3 is 6.18 Å². The number of aromatic nitrogens is 2. The first kappa shape index (κ1) is 17.8. The van der Waals surface area contributed by atoms with Crippen LogP contribution in [0.3, 0.4) is 0 Å². The van der Waals surface area contributed by atoms with E-state index in [0.717, 1.165) is 54.3 Å². The first-order valence-corrected chi connectivity index (χ1v) is 9.13. The average Bonchev–Trinajstić information content (AvgIpc) is 2.67. The normalized spacial score (nSPS) is 15.3. The van der Waals surface area contributed by atoms with E-state index in [1.165, 1.54) is 18.6 Å². The van der Waals surface area contributed by atoms with Crippen LogP contribution in [0.1, 0.15) is 30.7 Å². The van der Waals surface area contributed by atoms with Gasteiger partial charge < -0.3 is 4.90 Å². The van der Waals surface area contributed by atoms with Crippen molar-refractivity contribution in [2.75, 3.05) is 18.0 Å². The lowest BCUT2D eigenvalue weighted by Gasteiger charge is -2.28. The highest BCUT2D eigenvalue weighted by atomic mass is 19.4. The van der Waals surface area contributed by atoms with Crippen molar-refractivity contribution in [1.29, 1.82) is 0 Å². The molecule has 1 fully saturated rings. The third-order valence-electron chi connectivity index (χ3n) is 4.97. The molecule has 1 aliphatic heterocycles. The van der Waals surface area contributed by atoms with Crippen LogP contribution in [0.5, 0.6) is 0 Å². The van der Waals surface area contributed by atoms with Crippen LogP contribution in [-0.4, -0.2) is 23.1 Å². The fourth-order valence-electron chi connectivity index (χ4n) is 3.63. The minimum absolute atomic E-state index is 0.530. The van der Waals surface area contributed by atoms with E-state index in [2.05, 4.69) is 14.9 Å². The minimum atomic E-state index is -4.35. The topological polar surface area (TPSA) is 29.0 Å². The minimum Gasteiger partial charge on any atom is -0.356 e. The summed E-state index contributed by atoms with van der Waals surface area (Å²) in [7, 11) is 0. The van der Waals surface area contributed by atoms with Gasteiger partial charge in [-0.1, -0.05) is 18.2 Å². The molecule has 0 aliphatic carbocycles. The standard InChI is InChI=1S/C21H20F3N3/c1-14-25-19-13-16(15-6-5-7-17(12-15)21(22,23)24)8-9-18(19)20(26-14)27-10-3-2-4-11-27/h5-9,12-13H,2-4,10-11H2,1H3. The van der Waals surface area contributed by atoms with E-state index in [1.54, 1.807) is 6.07 Å². The van der Waals surface area contributed by atoms with Gasteiger partial charge in [0, 0.05) is 18.5 Å². The summed E-state index contributed by atoms with van der Waals surface area (Å²) < 4.78 is 39.1. The number of rotatable bonds is 2. The molecular formula is C21H20F3N3. The van der Waals surface area contributed by atoms with Gasteiger partial charge in [0.15, 0.2) is 0 Å². The van der Waals surface area contributed by atoms with Crippen molar-refractivity contribution in [3.05, 3.63) is 53.9 Å². The van der Waals surface area contributed by atoms with E-state index in [4.69, 9.17) is 0 Å². The molecule has 0 radical (unpaired) electrons. The number of halogens is 3. The predicted molar refractivity (Wildman–Crippen MR) is 101 cm³/mol. The molecule has 0 atom stereocenters. The van der Waals surface area contributed by atoms with E-state index < -0.39 is 11.7 Å². The Bertz CT molecular complexity index is 976. The highest BCUT2D eigenvalue weighted by molar-refractivity contribution is 5.92. The molecule has 0 saturated carbocycles. The Balaban J connectivity index is 1.79. The van der Waals surface area contributed by atoms with Crippen molar-refractivity contribution in [2.45, 2.75) is 32.4 Å². The molecule has 0 N–H and O–H groups in total. The van der Waals surface area contributed by atoms with E-state index >= 15 is 0 Å². The van der Waals surface area contributed by atoms with Gasteiger partial charge in [0.2, 0.25) is 0 Å². The molecule has 140 valence electrons. The number of piperidine rings is 1. The van der Waals surface area contributed by atoms with Crippen LogP contribution < -0.4 is 4.90 Å².